The third-order valence-electron chi connectivity index (χ3n) is 17.9. The van der Waals surface area contributed by atoms with Crippen LogP contribution in [0.15, 0.2) is 322 Å². The highest BCUT2D eigenvalue weighted by Crippen LogP contribution is 2.45. The van der Waals surface area contributed by atoms with E-state index in [1.807, 2.05) is 23.5 Å². The van der Waals surface area contributed by atoms with Crippen molar-refractivity contribution >= 4 is 117 Å². The first-order valence-electron chi connectivity index (χ1n) is 31.5. The van der Waals surface area contributed by atoms with Crippen LogP contribution in [0.25, 0.3) is 178 Å². The lowest BCUT2D eigenvalue weighted by atomic mass is 9.95. The summed E-state index contributed by atoms with van der Waals surface area (Å²) in [6.45, 7) is 0. The predicted molar refractivity (Wildman–Crippen MR) is 401 cm³/mol. The zero-order valence-electron chi connectivity index (χ0n) is 50.6. The van der Waals surface area contributed by atoms with Crippen LogP contribution in [-0.2, 0) is 0 Å². The molecular weight excluding hydrogens is 1200 g/mol. The Kier molecular flexibility index (Phi) is 13.7. The molecule has 0 aliphatic rings. The molecule has 0 N–H and O–H groups in total. The Balaban J connectivity index is 0.000000139. The Morgan fingerprint density at radius 2 is 0.596 bits per heavy atom. The smallest absolute Gasteiger partial charge is 0.161 e. The number of fused-ring (bicyclic) bond motifs is 12. The van der Waals surface area contributed by atoms with E-state index in [4.69, 9.17) is 19.9 Å². The number of aromatic nitrogens is 5. The second-order valence-electron chi connectivity index (χ2n) is 23.6. The molecule has 13 aromatic carbocycles. The summed E-state index contributed by atoms with van der Waals surface area (Å²) in [6.07, 6.45) is 0. The van der Waals surface area contributed by atoms with Crippen LogP contribution in [0.3, 0.4) is 0 Å². The van der Waals surface area contributed by atoms with Crippen molar-refractivity contribution < 1.29 is 0 Å². The Bertz CT molecular complexity index is 6120. The van der Waals surface area contributed by atoms with E-state index in [0.29, 0.717) is 0 Å². The van der Waals surface area contributed by atoms with Crippen LogP contribution in [0, 0.1) is 0 Å². The predicted octanol–water partition coefficient (Wildman–Crippen LogP) is 24.5. The monoisotopic (exact) mass is 1250 g/mol. The van der Waals surface area contributed by atoms with E-state index >= 15 is 0 Å². The fourth-order valence-electron chi connectivity index (χ4n) is 13.6. The molecule has 0 aliphatic carbocycles. The second kappa shape index (κ2) is 23.3. The summed E-state index contributed by atoms with van der Waals surface area (Å²) in [5.41, 5.74) is 19.2. The normalized spacial score (nSPS) is 11.6. The summed E-state index contributed by atoms with van der Waals surface area (Å²) in [6, 6.07) is 114. The topological polar surface area (TPSA) is 56.5 Å². The highest BCUT2D eigenvalue weighted by molar-refractivity contribution is 7.26. The van der Waals surface area contributed by atoms with Gasteiger partial charge in [0.1, 0.15) is 9.66 Å². The Hall–Kier alpha value is -11.5. The van der Waals surface area contributed by atoms with Crippen molar-refractivity contribution in [3.63, 3.8) is 0 Å². The molecule has 6 heterocycles. The van der Waals surface area contributed by atoms with Gasteiger partial charge in [0.25, 0.3) is 0 Å². The third kappa shape index (κ3) is 9.82. The lowest BCUT2D eigenvalue weighted by Crippen LogP contribution is -1.94. The van der Waals surface area contributed by atoms with Gasteiger partial charge in [0.15, 0.2) is 11.6 Å². The van der Waals surface area contributed by atoms with Gasteiger partial charge >= 0.3 is 0 Å². The average Bonchev–Trinajstić information content (AvgIpc) is 1.60. The van der Waals surface area contributed by atoms with Gasteiger partial charge in [0, 0.05) is 89.8 Å². The van der Waals surface area contributed by atoms with E-state index in [9.17, 15) is 0 Å². The minimum Gasteiger partial charge on any atom is -0.309 e. The molecule has 19 aromatic rings. The summed E-state index contributed by atoms with van der Waals surface area (Å²) >= 11 is 5.32. The number of hydrogen-bond donors (Lipinski definition) is 0. The molecular formula is C86H53N5S3. The molecule has 0 atom stereocenters. The number of nitrogens with zero attached hydrogens (tertiary/aromatic N) is 5. The number of para-hydroxylation sites is 2. The first-order valence-corrected chi connectivity index (χ1v) is 33.9. The van der Waals surface area contributed by atoms with Crippen molar-refractivity contribution in [2.45, 2.75) is 0 Å². The first-order chi connectivity index (χ1) is 46.6. The fraction of sp³-hybridized carbons (Fsp3) is 0. The maximum absolute atomic E-state index is 5.23. The van der Waals surface area contributed by atoms with E-state index in [1.165, 1.54) is 95.7 Å². The fourth-order valence-corrected chi connectivity index (χ4v) is 16.8. The van der Waals surface area contributed by atoms with Crippen LogP contribution in [0.2, 0.25) is 0 Å². The van der Waals surface area contributed by atoms with E-state index < -0.39 is 0 Å². The molecule has 8 heteroatoms. The summed E-state index contributed by atoms with van der Waals surface area (Å²) in [5.74, 6) is 1.48. The number of hydrogen-bond acceptors (Lipinski definition) is 7. The maximum atomic E-state index is 5.23. The van der Waals surface area contributed by atoms with Crippen molar-refractivity contribution in [1.29, 1.82) is 0 Å². The lowest BCUT2D eigenvalue weighted by molar-refractivity contribution is 1.18. The molecule has 19 rings (SSSR count). The molecule has 0 saturated carbocycles. The van der Waals surface area contributed by atoms with Crippen LogP contribution >= 0.6 is 34.0 Å². The van der Waals surface area contributed by atoms with Crippen LogP contribution in [0.4, 0.5) is 0 Å². The summed E-state index contributed by atoms with van der Waals surface area (Å²) < 4.78 is 7.45. The van der Waals surface area contributed by atoms with E-state index in [-0.39, 0.29) is 0 Å². The molecule has 440 valence electrons. The molecule has 0 fully saturated rings. The van der Waals surface area contributed by atoms with E-state index in [1.54, 1.807) is 22.7 Å². The quantitative estimate of drug-likeness (QED) is 0.145. The van der Waals surface area contributed by atoms with Crippen LogP contribution in [0.1, 0.15) is 0 Å². The molecule has 0 radical (unpaired) electrons. The zero-order valence-corrected chi connectivity index (χ0v) is 53.0. The van der Waals surface area contributed by atoms with E-state index in [0.717, 1.165) is 82.4 Å². The molecule has 94 heavy (non-hydrogen) atoms. The number of benzene rings is 13. The zero-order chi connectivity index (χ0) is 62.1. The molecule has 0 unspecified atom stereocenters. The molecule has 5 nitrogen and oxygen atoms in total. The Morgan fingerprint density at radius 1 is 0.223 bits per heavy atom. The highest BCUT2D eigenvalue weighted by Gasteiger charge is 2.21. The standard InChI is InChI=1S/C46H29N3S.C40H24N2S2/c1-3-13-30(14-4-1)44-43-38-22-8-10-24-42(38)50-46(43)48-45(47-44)35-18-12-17-33(28-35)31-15-11-16-32(27-31)34-25-26-41-39(29-34)37-21-7-9-23-40(37)49(41)36-19-5-2-6-20-36;1-2-11-25(12-3-1)38-37-32-18-5-7-21-34(32)44-40(37)42-39(41-38)29-16-9-14-27(24-29)26-13-8-15-28(23-26)30-19-10-22-35-36(30)31-17-4-6-20-33(31)43-35/h1-29H;1-24H. The van der Waals surface area contributed by atoms with Crippen LogP contribution < -0.4 is 0 Å². The molecule has 0 bridgehead atoms. The molecule has 0 spiro atoms. The second-order valence-corrected chi connectivity index (χ2v) is 26.7. The number of rotatable bonds is 9. The Morgan fingerprint density at radius 3 is 1.14 bits per heavy atom. The van der Waals surface area contributed by atoms with Gasteiger partial charge < -0.3 is 4.57 Å². The van der Waals surface area contributed by atoms with Crippen molar-refractivity contribution in [1.82, 2.24) is 24.5 Å². The van der Waals surface area contributed by atoms with Crippen molar-refractivity contribution in [3.05, 3.63) is 322 Å². The Labute approximate surface area is 554 Å². The lowest BCUT2D eigenvalue weighted by Gasteiger charge is -2.10. The van der Waals surface area contributed by atoms with Gasteiger partial charge in [0.2, 0.25) is 0 Å². The van der Waals surface area contributed by atoms with Crippen molar-refractivity contribution in [2.24, 2.45) is 0 Å². The van der Waals surface area contributed by atoms with Gasteiger partial charge in [-0.1, -0.05) is 243 Å². The first kappa shape index (κ1) is 55.3. The van der Waals surface area contributed by atoms with E-state index in [2.05, 4.69) is 314 Å². The van der Waals surface area contributed by atoms with Gasteiger partial charge in [-0.2, -0.15) is 0 Å². The van der Waals surface area contributed by atoms with Gasteiger partial charge in [0.05, 0.1) is 22.4 Å². The van der Waals surface area contributed by atoms with Crippen molar-refractivity contribution in [2.75, 3.05) is 0 Å². The van der Waals surface area contributed by atoms with Gasteiger partial charge in [-0.05, 0) is 123 Å². The molecule has 0 aliphatic heterocycles. The summed E-state index contributed by atoms with van der Waals surface area (Å²) in [5, 5.41) is 9.80. The van der Waals surface area contributed by atoms with Gasteiger partial charge in [-0.3, -0.25) is 0 Å². The van der Waals surface area contributed by atoms with Crippen molar-refractivity contribution in [3.8, 4) is 95.5 Å². The van der Waals surface area contributed by atoms with Gasteiger partial charge in [-0.15, -0.1) is 34.0 Å². The summed E-state index contributed by atoms with van der Waals surface area (Å²) in [7, 11) is 0. The minimum atomic E-state index is 0.737. The third-order valence-corrected chi connectivity index (χ3v) is 21.2. The van der Waals surface area contributed by atoms with Crippen LogP contribution in [0.5, 0.6) is 0 Å². The molecule has 0 saturated heterocycles. The maximum Gasteiger partial charge on any atom is 0.161 e. The molecule has 6 aromatic heterocycles. The largest absolute Gasteiger partial charge is 0.309 e. The molecule has 0 amide bonds. The summed E-state index contributed by atoms with van der Waals surface area (Å²) in [4.78, 5) is 22.8. The highest BCUT2D eigenvalue weighted by atomic mass is 32.1. The number of thiophene rings is 3. The SMILES string of the molecule is c1ccc(-c2nc(-c3cccc(-c4cccc(-c5ccc6c(c5)c5ccccc5n6-c5ccccc5)c4)c3)nc3sc4ccccc4c23)cc1.c1ccc(-c2nc(-c3cccc(-c4cccc(-c5cccc6sc7ccccc7c56)c4)c3)nc3sc4ccccc4c23)cc1. The van der Waals surface area contributed by atoms with Crippen LogP contribution in [-0.4, -0.2) is 24.5 Å². The minimum absolute atomic E-state index is 0.737. The average molecular weight is 1250 g/mol. The van der Waals surface area contributed by atoms with Gasteiger partial charge in [-0.25, -0.2) is 19.9 Å².